The van der Waals surface area contributed by atoms with Gasteiger partial charge in [-0.3, -0.25) is 14.4 Å². The van der Waals surface area contributed by atoms with Crippen LogP contribution in [0, 0.1) is 16.1 Å². The van der Waals surface area contributed by atoms with Crippen LogP contribution in [0.15, 0.2) is 0 Å². The molecule has 0 aromatic heterocycles. The first-order valence-electron chi connectivity index (χ1n) is 8.33. The Bertz CT molecular complexity index is 546. The number of carbonyl (C=O) groups excluding carboxylic acids is 2. The second-order valence-corrected chi connectivity index (χ2v) is 9.70. The molecule has 1 amide bonds. The molecule has 0 radical (unpaired) electrons. The van der Waals surface area contributed by atoms with E-state index in [1.54, 1.807) is 0 Å². The van der Waals surface area contributed by atoms with Gasteiger partial charge in [0.05, 0.1) is 13.5 Å². The minimum absolute atomic E-state index is 0.0280. The Hall–Kier alpha value is -1.11. The number of nitrogens with one attached hydrogen (secondary N) is 2. The molecule has 2 aliphatic carbocycles. The third kappa shape index (κ3) is 4.68. The summed E-state index contributed by atoms with van der Waals surface area (Å²) in [5.41, 5.74) is -0.183. The largest absolute Gasteiger partial charge is 0.469 e. The molecule has 0 spiro atoms. The number of methoxy groups -OCH3 is 1. The van der Waals surface area contributed by atoms with Gasteiger partial charge in [0.1, 0.15) is 0 Å². The van der Waals surface area contributed by atoms with Crippen LogP contribution in [0.4, 0.5) is 0 Å². The Labute approximate surface area is 138 Å². The fraction of sp³-hybridized carbons (Fsp3) is 0.875. The zero-order valence-electron chi connectivity index (χ0n) is 14.1. The van der Waals surface area contributed by atoms with E-state index >= 15 is 0 Å². The lowest BCUT2D eigenvalue weighted by molar-refractivity contribution is -0.144. The Morgan fingerprint density at radius 1 is 1.26 bits per heavy atom. The number of esters is 1. The van der Waals surface area contributed by atoms with Crippen molar-refractivity contribution in [3.05, 3.63) is 0 Å². The second-order valence-electron chi connectivity index (χ2n) is 7.23. The van der Waals surface area contributed by atoms with Gasteiger partial charge in [0.15, 0.2) is 0 Å². The monoisotopic (exact) mass is 344 g/mol. The zero-order chi connectivity index (χ0) is 17.1. The summed E-state index contributed by atoms with van der Waals surface area (Å²) in [7, 11) is -1.14. The van der Waals surface area contributed by atoms with Gasteiger partial charge in [-0.15, -0.1) is 0 Å². The van der Waals surface area contributed by atoms with E-state index in [1.165, 1.54) is 19.8 Å². The molecule has 2 N–H and O–H groups in total. The number of rotatable bonds is 6. The standard InChI is InChI=1S/C16H28N2O4S/c1-22-14(19)10-16(6-4-3-5-7-16)11-18-15(20)12-8-13(9-12)23(2,17)21/h12-13,17H,3-11H2,1-2H3,(H,18,20). The quantitative estimate of drug-likeness (QED) is 0.721. The molecule has 0 aromatic rings. The summed E-state index contributed by atoms with van der Waals surface area (Å²) in [6, 6.07) is 0. The third-order valence-electron chi connectivity index (χ3n) is 5.40. The summed E-state index contributed by atoms with van der Waals surface area (Å²) in [6.45, 7) is 0.504. The van der Waals surface area contributed by atoms with Gasteiger partial charge in [0.2, 0.25) is 5.91 Å². The van der Waals surface area contributed by atoms with Gasteiger partial charge in [0, 0.05) is 33.7 Å². The van der Waals surface area contributed by atoms with Gasteiger partial charge in [-0.1, -0.05) is 19.3 Å². The van der Waals surface area contributed by atoms with E-state index in [-0.39, 0.29) is 28.5 Å². The first kappa shape index (κ1) is 18.2. The van der Waals surface area contributed by atoms with E-state index < -0.39 is 9.73 Å². The highest BCUT2D eigenvalue weighted by molar-refractivity contribution is 7.92. The van der Waals surface area contributed by atoms with E-state index in [4.69, 9.17) is 9.52 Å². The Morgan fingerprint density at radius 3 is 2.39 bits per heavy atom. The summed E-state index contributed by atoms with van der Waals surface area (Å²) >= 11 is 0. The fourth-order valence-corrected chi connectivity index (χ4v) is 4.86. The van der Waals surface area contributed by atoms with Crippen molar-refractivity contribution in [1.82, 2.24) is 5.32 Å². The van der Waals surface area contributed by atoms with Crippen LogP contribution < -0.4 is 5.32 Å². The average molecular weight is 344 g/mol. The van der Waals surface area contributed by atoms with E-state index in [1.807, 2.05) is 0 Å². The van der Waals surface area contributed by atoms with Crippen molar-refractivity contribution in [3.63, 3.8) is 0 Å². The molecule has 2 aliphatic rings. The number of hydrogen-bond donors (Lipinski definition) is 2. The van der Waals surface area contributed by atoms with E-state index in [0.29, 0.717) is 25.8 Å². The predicted octanol–water partition coefficient (Wildman–Crippen LogP) is 2.07. The summed E-state index contributed by atoms with van der Waals surface area (Å²) in [4.78, 5) is 24.0. The Balaban J connectivity index is 1.86. The van der Waals surface area contributed by atoms with Gasteiger partial charge >= 0.3 is 5.97 Å². The Morgan fingerprint density at radius 2 is 1.87 bits per heavy atom. The molecule has 2 saturated carbocycles. The van der Waals surface area contributed by atoms with E-state index in [2.05, 4.69) is 5.32 Å². The van der Waals surface area contributed by atoms with Crippen LogP contribution in [0.2, 0.25) is 0 Å². The summed E-state index contributed by atoms with van der Waals surface area (Å²) < 4.78 is 24.0. The minimum atomic E-state index is -2.54. The summed E-state index contributed by atoms with van der Waals surface area (Å²) in [5, 5.41) is 2.84. The molecule has 2 rings (SSSR count). The number of hydrogen-bond acceptors (Lipinski definition) is 5. The zero-order valence-corrected chi connectivity index (χ0v) is 14.9. The van der Waals surface area contributed by atoms with Crippen molar-refractivity contribution in [2.45, 2.75) is 56.6 Å². The normalized spacial score (nSPS) is 29.0. The van der Waals surface area contributed by atoms with Crippen LogP contribution in [-0.4, -0.2) is 41.2 Å². The van der Waals surface area contributed by atoms with Gasteiger partial charge in [-0.05, 0) is 31.1 Å². The van der Waals surface area contributed by atoms with Crippen LogP contribution in [0.25, 0.3) is 0 Å². The highest BCUT2D eigenvalue weighted by Gasteiger charge is 2.40. The maximum atomic E-state index is 12.3. The van der Waals surface area contributed by atoms with Gasteiger partial charge in [-0.25, -0.2) is 4.21 Å². The molecule has 2 fully saturated rings. The molecule has 132 valence electrons. The minimum Gasteiger partial charge on any atom is -0.469 e. The van der Waals surface area contributed by atoms with Crippen molar-refractivity contribution in [1.29, 1.82) is 4.78 Å². The highest BCUT2D eigenvalue weighted by Crippen LogP contribution is 2.39. The van der Waals surface area contributed by atoms with Crippen LogP contribution in [0.3, 0.4) is 0 Å². The van der Waals surface area contributed by atoms with Crippen molar-refractivity contribution in [2.75, 3.05) is 19.9 Å². The lowest BCUT2D eigenvalue weighted by Crippen LogP contribution is -2.47. The van der Waals surface area contributed by atoms with Crippen molar-refractivity contribution < 1.29 is 18.5 Å². The highest BCUT2D eigenvalue weighted by atomic mass is 32.2. The van der Waals surface area contributed by atoms with Crippen LogP contribution >= 0.6 is 0 Å². The predicted molar refractivity (Wildman–Crippen MR) is 88.5 cm³/mol. The molecular formula is C16H28N2O4S. The van der Waals surface area contributed by atoms with Gasteiger partial charge < -0.3 is 10.1 Å². The Kier molecular flexibility index (Phi) is 5.70. The number of ether oxygens (including phenoxy) is 1. The summed E-state index contributed by atoms with van der Waals surface area (Å²) in [5.74, 6) is -0.380. The lowest BCUT2D eigenvalue weighted by atomic mass is 9.71. The third-order valence-corrected chi connectivity index (χ3v) is 7.06. The molecule has 0 aliphatic heterocycles. The van der Waals surface area contributed by atoms with Crippen molar-refractivity contribution in [2.24, 2.45) is 11.3 Å². The van der Waals surface area contributed by atoms with Crippen LogP contribution in [-0.2, 0) is 24.1 Å². The number of carbonyl (C=O) groups is 2. The van der Waals surface area contributed by atoms with Crippen molar-refractivity contribution in [3.8, 4) is 0 Å². The SMILES string of the molecule is COC(=O)CC1(CNC(=O)C2CC(S(C)(=N)=O)C2)CCCCC1. The average Bonchev–Trinajstić information content (AvgIpc) is 2.43. The molecule has 7 heteroatoms. The molecule has 0 saturated heterocycles. The molecular weight excluding hydrogens is 316 g/mol. The second kappa shape index (κ2) is 7.20. The molecule has 0 aromatic carbocycles. The van der Waals surface area contributed by atoms with Crippen LogP contribution in [0.1, 0.15) is 51.4 Å². The topological polar surface area (TPSA) is 96.3 Å². The first-order valence-corrected chi connectivity index (χ1v) is 10.4. The lowest BCUT2D eigenvalue weighted by Gasteiger charge is -2.38. The first-order chi connectivity index (χ1) is 10.8. The van der Waals surface area contributed by atoms with Crippen molar-refractivity contribution >= 4 is 21.6 Å². The van der Waals surface area contributed by atoms with E-state index in [9.17, 15) is 13.8 Å². The summed E-state index contributed by atoms with van der Waals surface area (Å²) in [6.07, 6.45) is 8.07. The molecule has 1 unspecified atom stereocenters. The van der Waals surface area contributed by atoms with Crippen LogP contribution in [0.5, 0.6) is 0 Å². The molecule has 0 heterocycles. The van der Waals surface area contributed by atoms with Gasteiger partial charge in [0.25, 0.3) is 0 Å². The van der Waals surface area contributed by atoms with Gasteiger partial charge in [-0.2, -0.15) is 0 Å². The van der Waals surface area contributed by atoms with E-state index in [0.717, 1.165) is 25.7 Å². The molecule has 23 heavy (non-hydrogen) atoms. The number of amides is 1. The molecule has 1 atom stereocenters. The smallest absolute Gasteiger partial charge is 0.306 e. The molecule has 6 nitrogen and oxygen atoms in total. The maximum absolute atomic E-state index is 12.3. The fourth-order valence-electron chi connectivity index (χ4n) is 3.66. The molecule has 0 bridgehead atoms. The maximum Gasteiger partial charge on any atom is 0.306 e.